The van der Waals surface area contributed by atoms with Gasteiger partial charge in [-0.25, -0.2) is 0 Å². The van der Waals surface area contributed by atoms with E-state index in [4.69, 9.17) is 0 Å². The minimum absolute atomic E-state index is 0.783. The molecule has 1 N–H and O–H groups in total. The van der Waals surface area contributed by atoms with E-state index in [2.05, 4.69) is 26.2 Å². The maximum Gasteiger partial charge on any atom is 0.00922 e. The van der Waals surface area contributed by atoms with E-state index in [1.807, 2.05) is 0 Å². The molecular formula is C14H29N. The molecule has 0 amide bonds. The molecule has 0 aromatic heterocycles. The second kappa shape index (κ2) is 7.27. The molecule has 1 heteroatoms. The predicted molar refractivity (Wildman–Crippen MR) is 68.1 cm³/mol. The van der Waals surface area contributed by atoms with E-state index >= 15 is 0 Å². The molecule has 0 bridgehead atoms. The molecule has 1 rings (SSSR count). The Morgan fingerprint density at radius 1 is 1.13 bits per heavy atom. The van der Waals surface area contributed by atoms with Crippen molar-refractivity contribution in [1.82, 2.24) is 5.32 Å². The van der Waals surface area contributed by atoms with Crippen LogP contribution in [0.2, 0.25) is 0 Å². The van der Waals surface area contributed by atoms with Crippen LogP contribution in [-0.4, -0.2) is 13.1 Å². The molecule has 90 valence electrons. The van der Waals surface area contributed by atoms with Crippen LogP contribution < -0.4 is 5.32 Å². The Kier molecular flexibility index (Phi) is 6.31. The van der Waals surface area contributed by atoms with Crippen molar-refractivity contribution in [2.75, 3.05) is 7.05 Å². The summed E-state index contributed by atoms with van der Waals surface area (Å²) in [5.74, 6) is 1.97. The van der Waals surface area contributed by atoms with E-state index in [0.717, 1.165) is 17.9 Å². The lowest BCUT2D eigenvalue weighted by Gasteiger charge is -2.25. The molecule has 0 saturated heterocycles. The first-order chi connectivity index (χ1) is 7.31. The Labute approximate surface area is 96.0 Å². The molecule has 0 aromatic rings. The molecule has 15 heavy (non-hydrogen) atoms. The molecule has 1 aliphatic carbocycles. The summed E-state index contributed by atoms with van der Waals surface area (Å²) in [5.41, 5.74) is 0. The Balaban J connectivity index is 2.40. The maximum absolute atomic E-state index is 3.53. The number of hydrogen-bond donors (Lipinski definition) is 1. The van der Waals surface area contributed by atoms with Crippen molar-refractivity contribution < 1.29 is 0 Å². The van der Waals surface area contributed by atoms with Gasteiger partial charge in [0.15, 0.2) is 0 Å². The van der Waals surface area contributed by atoms with Crippen molar-refractivity contribution in [3.05, 3.63) is 0 Å². The molecule has 0 spiro atoms. The average Bonchev–Trinajstić information content (AvgIpc) is 2.51. The second-order valence-electron chi connectivity index (χ2n) is 5.23. The zero-order chi connectivity index (χ0) is 11.1. The molecule has 0 aromatic carbocycles. The summed E-state index contributed by atoms with van der Waals surface area (Å²) in [5, 5.41) is 3.53. The van der Waals surface area contributed by atoms with Gasteiger partial charge in [-0.2, -0.15) is 0 Å². The minimum atomic E-state index is 0.783. The summed E-state index contributed by atoms with van der Waals surface area (Å²) < 4.78 is 0. The van der Waals surface area contributed by atoms with Crippen LogP contribution in [0.4, 0.5) is 0 Å². The Morgan fingerprint density at radius 3 is 2.53 bits per heavy atom. The van der Waals surface area contributed by atoms with E-state index in [9.17, 15) is 0 Å². The first-order valence-electron chi connectivity index (χ1n) is 6.99. The fraction of sp³-hybridized carbons (Fsp3) is 1.00. The fourth-order valence-electron chi connectivity index (χ4n) is 3.14. The highest BCUT2D eigenvalue weighted by Gasteiger charge is 2.23. The predicted octanol–water partition coefficient (Wildman–Crippen LogP) is 3.98. The summed E-state index contributed by atoms with van der Waals surface area (Å²) in [6, 6.07) is 0.783. The molecule has 3 atom stereocenters. The average molecular weight is 211 g/mol. The third-order valence-corrected chi connectivity index (χ3v) is 4.25. The van der Waals surface area contributed by atoms with Gasteiger partial charge in [-0.1, -0.05) is 46.0 Å². The van der Waals surface area contributed by atoms with Gasteiger partial charge in [0.05, 0.1) is 0 Å². The van der Waals surface area contributed by atoms with Crippen molar-refractivity contribution >= 4 is 0 Å². The standard InChI is InChI=1S/C14H29N/c1-4-7-14(15-3)13-9-6-8-12(5-2)10-11-13/h12-15H,4-11H2,1-3H3. The van der Waals surface area contributed by atoms with Crippen LogP contribution >= 0.6 is 0 Å². The van der Waals surface area contributed by atoms with E-state index in [0.29, 0.717) is 0 Å². The van der Waals surface area contributed by atoms with Crippen LogP contribution in [-0.2, 0) is 0 Å². The first kappa shape index (κ1) is 13.0. The summed E-state index contributed by atoms with van der Waals surface area (Å²) in [6.07, 6.45) is 11.4. The summed E-state index contributed by atoms with van der Waals surface area (Å²) in [7, 11) is 2.14. The quantitative estimate of drug-likeness (QED) is 0.678. The zero-order valence-corrected chi connectivity index (χ0v) is 10.9. The van der Waals surface area contributed by atoms with E-state index in [1.54, 1.807) is 0 Å². The molecule has 1 saturated carbocycles. The van der Waals surface area contributed by atoms with Crippen molar-refractivity contribution in [3.8, 4) is 0 Å². The molecule has 0 aliphatic heterocycles. The van der Waals surface area contributed by atoms with Gasteiger partial charge in [0.1, 0.15) is 0 Å². The summed E-state index contributed by atoms with van der Waals surface area (Å²) in [6.45, 7) is 4.66. The number of rotatable bonds is 5. The van der Waals surface area contributed by atoms with Crippen molar-refractivity contribution in [1.29, 1.82) is 0 Å². The topological polar surface area (TPSA) is 12.0 Å². The number of nitrogens with one attached hydrogen (secondary N) is 1. The van der Waals surface area contributed by atoms with Gasteiger partial charge in [-0.15, -0.1) is 0 Å². The van der Waals surface area contributed by atoms with Crippen molar-refractivity contribution in [2.24, 2.45) is 11.8 Å². The van der Waals surface area contributed by atoms with Crippen LogP contribution in [0.15, 0.2) is 0 Å². The highest BCUT2D eigenvalue weighted by Crippen LogP contribution is 2.31. The minimum Gasteiger partial charge on any atom is -0.317 e. The fourth-order valence-corrected chi connectivity index (χ4v) is 3.14. The Hall–Kier alpha value is -0.0400. The van der Waals surface area contributed by atoms with Crippen molar-refractivity contribution in [3.63, 3.8) is 0 Å². The molecule has 0 heterocycles. The third-order valence-electron chi connectivity index (χ3n) is 4.25. The van der Waals surface area contributed by atoms with E-state index in [-0.39, 0.29) is 0 Å². The lowest BCUT2D eigenvalue weighted by molar-refractivity contribution is 0.312. The smallest absolute Gasteiger partial charge is 0.00922 e. The Morgan fingerprint density at radius 2 is 1.93 bits per heavy atom. The van der Waals surface area contributed by atoms with Crippen LogP contribution in [0.3, 0.4) is 0 Å². The highest BCUT2D eigenvalue weighted by atomic mass is 14.9. The largest absolute Gasteiger partial charge is 0.317 e. The zero-order valence-electron chi connectivity index (χ0n) is 10.9. The van der Waals surface area contributed by atoms with Crippen LogP contribution in [0.1, 0.15) is 65.2 Å². The molecule has 1 fully saturated rings. The number of hydrogen-bond acceptors (Lipinski definition) is 1. The van der Waals surface area contributed by atoms with Gasteiger partial charge in [0.2, 0.25) is 0 Å². The molecule has 0 radical (unpaired) electrons. The van der Waals surface area contributed by atoms with Crippen LogP contribution in [0.5, 0.6) is 0 Å². The van der Waals surface area contributed by atoms with Crippen LogP contribution in [0, 0.1) is 11.8 Å². The van der Waals surface area contributed by atoms with Gasteiger partial charge in [-0.3, -0.25) is 0 Å². The summed E-state index contributed by atoms with van der Waals surface area (Å²) >= 11 is 0. The molecule has 3 unspecified atom stereocenters. The monoisotopic (exact) mass is 211 g/mol. The second-order valence-corrected chi connectivity index (χ2v) is 5.23. The van der Waals surface area contributed by atoms with Crippen molar-refractivity contribution in [2.45, 2.75) is 71.3 Å². The van der Waals surface area contributed by atoms with Crippen LogP contribution in [0.25, 0.3) is 0 Å². The lowest BCUT2D eigenvalue weighted by atomic mass is 9.88. The van der Waals surface area contributed by atoms with E-state index in [1.165, 1.54) is 51.4 Å². The SMILES string of the molecule is CCCC(NC)C1CCCC(CC)CC1. The summed E-state index contributed by atoms with van der Waals surface area (Å²) in [4.78, 5) is 0. The first-order valence-corrected chi connectivity index (χ1v) is 6.99. The third kappa shape index (κ3) is 4.14. The van der Waals surface area contributed by atoms with Gasteiger partial charge in [-0.05, 0) is 38.1 Å². The Bertz CT molecular complexity index is 155. The van der Waals surface area contributed by atoms with Gasteiger partial charge < -0.3 is 5.32 Å². The molecular weight excluding hydrogens is 182 g/mol. The van der Waals surface area contributed by atoms with Gasteiger partial charge >= 0.3 is 0 Å². The molecule has 1 nitrogen and oxygen atoms in total. The highest BCUT2D eigenvalue weighted by molar-refractivity contribution is 4.79. The molecule has 1 aliphatic rings. The maximum atomic E-state index is 3.53. The normalized spacial score (nSPS) is 29.8. The van der Waals surface area contributed by atoms with E-state index < -0.39 is 0 Å². The van der Waals surface area contributed by atoms with Gasteiger partial charge in [0.25, 0.3) is 0 Å². The van der Waals surface area contributed by atoms with Gasteiger partial charge in [0, 0.05) is 6.04 Å². The lowest BCUT2D eigenvalue weighted by Crippen LogP contribution is -2.33.